The third kappa shape index (κ3) is 3.91. The Morgan fingerprint density at radius 1 is 1.30 bits per heavy atom. The lowest BCUT2D eigenvalue weighted by atomic mass is 10.1. The zero-order valence-electron chi connectivity index (χ0n) is 15.2. The Morgan fingerprint density at radius 3 is 2.93 bits per heavy atom. The number of nitrogens with one attached hydrogen (secondary N) is 1. The van der Waals surface area contributed by atoms with Crippen molar-refractivity contribution in [2.75, 3.05) is 32.8 Å². The number of Topliss-reactive ketones (excluding diaryl/α,β-unsaturated/α-hetero) is 1. The predicted octanol–water partition coefficient (Wildman–Crippen LogP) is 2.40. The van der Waals surface area contributed by atoms with Crippen molar-refractivity contribution in [3.05, 3.63) is 35.9 Å². The lowest BCUT2D eigenvalue weighted by Crippen LogP contribution is -2.36. The monoisotopic (exact) mass is 371 g/mol. The smallest absolute Gasteiger partial charge is 0.183 e. The van der Waals surface area contributed by atoms with Crippen LogP contribution in [-0.2, 0) is 11.8 Å². The summed E-state index contributed by atoms with van der Waals surface area (Å²) >= 11 is 0. The van der Waals surface area contributed by atoms with Crippen molar-refractivity contribution in [1.29, 1.82) is 0 Å². The Morgan fingerprint density at radius 2 is 2.11 bits per heavy atom. The maximum absolute atomic E-state index is 13.3. The first-order valence-electron chi connectivity index (χ1n) is 9.12. The summed E-state index contributed by atoms with van der Waals surface area (Å²) in [5.41, 5.74) is 3.26. The molecule has 0 saturated carbocycles. The normalized spacial score (nSPS) is 15.5. The van der Waals surface area contributed by atoms with Gasteiger partial charge in [0.2, 0.25) is 0 Å². The van der Waals surface area contributed by atoms with E-state index >= 15 is 0 Å². The van der Waals surface area contributed by atoms with Gasteiger partial charge >= 0.3 is 0 Å². The van der Waals surface area contributed by atoms with E-state index in [4.69, 9.17) is 4.74 Å². The topological polar surface area (TPSA) is 76.0 Å². The second-order valence-electron chi connectivity index (χ2n) is 6.79. The number of aryl methyl sites for hydroxylation is 1. The van der Waals surface area contributed by atoms with Gasteiger partial charge in [-0.25, -0.2) is 4.39 Å². The minimum atomic E-state index is -0.392. The molecule has 0 unspecified atom stereocenters. The fourth-order valence-electron chi connectivity index (χ4n) is 3.39. The van der Waals surface area contributed by atoms with Crippen LogP contribution in [0, 0.1) is 5.82 Å². The zero-order chi connectivity index (χ0) is 18.8. The number of H-pyrrole nitrogens is 1. The maximum atomic E-state index is 13.3. The van der Waals surface area contributed by atoms with Crippen molar-refractivity contribution in [3.8, 4) is 11.4 Å². The molecule has 1 fully saturated rings. The maximum Gasteiger partial charge on any atom is 0.183 e. The summed E-state index contributed by atoms with van der Waals surface area (Å²) in [6.07, 6.45) is 2.46. The van der Waals surface area contributed by atoms with Gasteiger partial charge in [0.15, 0.2) is 5.78 Å². The van der Waals surface area contributed by atoms with Crippen molar-refractivity contribution in [1.82, 2.24) is 24.6 Å². The summed E-state index contributed by atoms with van der Waals surface area (Å²) in [5.74, 6) is -0.359. The Balaban J connectivity index is 1.44. The van der Waals surface area contributed by atoms with E-state index in [1.807, 2.05) is 6.07 Å². The number of carbonyl (C=O) groups is 1. The summed E-state index contributed by atoms with van der Waals surface area (Å²) in [4.78, 5) is 22.0. The minimum Gasteiger partial charge on any atom is -0.379 e. The van der Waals surface area contributed by atoms with Gasteiger partial charge in [-0.05, 0) is 25.1 Å². The van der Waals surface area contributed by atoms with Gasteiger partial charge in [-0.3, -0.25) is 19.4 Å². The van der Waals surface area contributed by atoms with Crippen LogP contribution in [0.4, 0.5) is 4.39 Å². The van der Waals surface area contributed by atoms with Crippen molar-refractivity contribution < 1.29 is 13.9 Å². The van der Waals surface area contributed by atoms with Crippen LogP contribution in [0.2, 0.25) is 0 Å². The van der Waals surface area contributed by atoms with E-state index < -0.39 is 5.82 Å². The number of ether oxygens (including phenoxy) is 1. The molecule has 1 N–H and O–H groups in total. The van der Waals surface area contributed by atoms with Gasteiger partial charge in [0.1, 0.15) is 11.5 Å². The summed E-state index contributed by atoms with van der Waals surface area (Å²) < 4.78 is 20.3. The molecule has 3 aromatic rings. The molecule has 0 aromatic carbocycles. The highest BCUT2D eigenvalue weighted by atomic mass is 19.1. The first kappa shape index (κ1) is 17.8. The van der Waals surface area contributed by atoms with Crippen LogP contribution in [-0.4, -0.2) is 63.3 Å². The van der Waals surface area contributed by atoms with Gasteiger partial charge in [-0.2, -0.15) is 5.10 Å². The SMILES string of the molecule is Cn1nc(C(=O)CCCN2CCOCC2)cc1-c1cc2ncc(F)cc2[nH]1. The number of aromatic amines is 1. The number of aromatic nitrogens is 4. The van der Waals surface area contributed by atoms with Crippen LogP contribution < -0.4 is 0 Å². The Hall–Kier alpha value is -2.58. The molecule has 1 saturated heterocycles. The van der Waals surface area contributed by atoms with Crippen molar-refractivity contribution in [2.24, 2.45) is 7.05 Å². The molecule has 0 radical (unpaired) electrons. The fourth-order valence-corrected chi connectivity index (χ4v) is 3.39. The van der Waals surface area contributed by atoms with Gasteiger partial charge in [-0.15, -0.1) is 0 Å². The summed E-state index contributed by atoms with van der Waals surface area (Å²) in [7, 11) is 1.79. The standard InChI is InChI=1S/C19H22FN5O2/c1-24-18(16-10-14-15(22-16)9-13(20)12-21-14)11-17(23-24)19(26)3-2-4-25-5-7-27-8-6-25/h9-12,22H,2-8H2,1H3. The van der Waals surface area contributed by atoms with E-state index in [0.717, 1.165) is 50.7 Å². The Labute approximate surface area is 156 Å². The van der Waals surface area contributed by atoms with Gasteiger partial charge in [0.25, 0.3) is 0 Å². The molecule has 4 rings (SSSR count). The van der Waals surface area contributed by atoms with Gasteiger partial charge in [-0.1, -0.05) is 0 Å². The molecule has 7 nitrogen and oxygen atoms in total. The average molecular weight is 371 g/mol. The molecule has 142 valence electrons. The summed E-state index contributed by atoms with van der Waals surface area (Å²) in [6.45, 7) is 4.28. The lowest BCUT2D eigenvalue weighted by Gasteiger charge is -2.26. The highest BCUT2D eigenvalue weighted by molar-refractivity contribution is 5.95. The number of nitrogens with zero attached hydrogens (tertiary/aromatic N) is 4. The first-order valence-corrected chi connectivity index (χ1v) is 9.12. The van der Waals surface area contributed by atoms with E-state index in [9.17, 15) is 9.18 Å². The number of pyridine rings is 1. The molecule has 0 atom stereocenters. The number of hydrogen-bond acceptors (Lipinski definition) is 5. The highest BCUT2D eigenvalue weighted by Gasteiger charge is 2.17. The third-order valence-electron chi connectivity index (χ3n) is 4.86. The molecule has 3 aromatic heterocycles. The molecule has 0 aliphatic carbocycles. The van der Waals surface area contributed by atoms with E-state index in [2.05, 4.69) is 20.0 Å². The molecule has 0 bridgehead atoms. The second-order valence-corrected chi connectivity index (χ2v) is 6.79. The molecule has 8 heteroatoms. The molecule has 1 aliphatic heterocycles. The van der Waals surface area contributed by atoms with E-state index in [1.165, 1.54) is 12.3 Å². The van der Waals surface area contributed by atoms with Crippen molar-refractivity contribution >= 4 is 16.8 Å². The van der Waals surface area contributed by atoms with Crippen LogP contribution in [0.15, 0.2) is 24.4 Å². The van der Waals surface area contributed by atoms with E-state index in [-0.39, 0.29) is 5.78 Å². The van der Waals surface area contributed by atoms with Crippen molar-refractivity contribution in [3.63, 3.8) is 0 Å². The Kier molecular flexibility index (Phi) is 5.00. The number of hydrogen-bond donors (Lipinski definition) is 1. The van der Waals surface area contributed by atoms with Crippen LogP contribution in [0.3, 0.4) is 0 Å². The van der Waals surface area contributed by atoms with Gasteiger partial charge in [0.05, 0.1) is 41.8 Å². The number of morpholine rings is 1. The predicted molar refractivity (Wildman–Crippen MR) is 99.1 cm³/mol. The van der Waals surface area contributed by atoms with Crippen LogP contribution in [0.1, 0.15) is 23.3 Å². The van der Waals surface area contributed by atoms with Crippen molar-refractivity contribution in [2.45, 2.75) is 12.8 Å². The highest BCUT2D eigenvalue weighted by Crippen LogP contribution is 2.24. The number of carbonyl (C=O) groups excluding carboxylic acids is 1. The minimum absolute atomic E-state index is 0.0328. The summed E-state index contributed by atoms with van der Waals surface area (Å²) in [6, 6.07) is 5.01. The average Bonchev–Trinajstić information content (AvgIpc) is 3.25. The fraction of sp³-hybridized carbons (Fsp3) is 0.421. The number of fused-ring (bicyclic) bond motifs is 1. The quantitative estimate of drug-likeness (QED) is 0.674. The van der Waals surface area contributed by atoms with Crippen LogP contribution in [0.5, 0.6) is 0 Å². The molecular formula is C19H22FN5O2. The molecular weight excluding hydrogens is 349 g/mol. The van der Waals surface area contributed by atoms with E-state index in [0.29, 0.717) is 23.1 Å². The molecule has 0 spiro atoms. The van der Waals surface area contributed by atoms with E-state index in [1.54, 1.807) is 17.8 Å². The van der Waals surface area contributed by atoms with Crippen LogP contribution in [0.25, 0.3) is 22.4 Å². The summed E-state index contributed by atoms with van der Waals surface area (Å²) in [5, 5.41) is 4.36. The molecule has 0 amide bonds. The number of rotatable bonds is 6. The molecule has 27 heavy (non-hydrogen) atoms. The second kappa shape index (κ2) is 7.58. The third-order valence-corrected chi connectivity index (χ3v) is 4.86. The van der Waals surface area contributed by atoms with Gasteiger partial charge in [0, 0.05) is 32.6 Å². The molecule has 4 heterocycles. The first-order chi connectivity index (χ1) is 13.1. The number of ketones is 1. The Bertz CT molecular complexity index is 958. The van der Waals surface area contributed by atoms with Gasteiger partial charge < -0.3 is 9.72 Å². The largest absolute Gasteiger partial charge is 0.379 e. The zero-order valence-corrected chi connectivity index (χ0v) is 15.2. The molecule has 1 aliphatic rings. The number of halogens is 1. The van der Waals surface area contributed by atoms with Crippen LogP contribution >= 0.6 is 0 Å². The lowest BCUT2D eigenvalue weighted by molar-refractivity contribution is 0.0371.